The molecule has 19 heavy (non-hydrogen) atoms. The van der Waals surface area contributed by atoms with Crippen molar-refractivity contribution >= 4 is 12.1 Å². The SMILES string of the molecule is COC(=O)C1N(C(=O)OC(C)(C)C)CC(F)C1(C)C. The van der Waals surface area contributed by atoms with E-state index in [-0.39, 0.29) is 6.54 Å². The van der Waals surface area contributed by atoms with Crippen molar-refractivity contribution in [2.75, 3.05) is 13.7 Å². The summed E-state index contributed by atoms with van der Waals surface area (Å²) in [5.74, 6) is -0.629. The van der Waals surface area contributed by atoms with Crippen molar-refractivity contribution in [1.82, 2.24) is 4.90 Å². The number of likely N-dealkylation sites (tertiary alicyclic amines) is 1. The number of halogens is 1. The molecule has 0 aromatic heterocycles. The first-order chi connectivity index (χ1) is 8.50. The van der Waals surface area contributed by atoms with E-state index in [2.05, 4.69) is 4.74 Å². The Morgan fingerprint density at radius 2 is 1.84 bits per heavy atom. The molecule has 1 amide bonds. The van der Waals surface area contributed by atoms with Gasteiger partial charge in [0, 0.05) is 5.41 Å². The van der Waals surface area contributed by atoms with Crippen LogP contribution in [0.15, 0.2) is 0 Å². The van der Waals surface area contributed by atoms with Crippen molar-refractivity contribution in [2.45, 2.75) is 52.4 Å². The van der Waals surface area contributed by atoms with Gasteiger partial charge >= 0.3 is 12.1 Å². The fourth-order valence-electron chi connectivity index (χ4n) is 2.13. The Hall–Kier alpha value is -1.33. The summed E-state index contributed by atoms with van der Waals surface area (Å²) in [5.41, 5.74) is -1.69. The van der Waals surface area contributed by atoms with Gasteiger partial charge in [0.25, 0.3) is 0 Å². The number of hydrogen-bond acceptors (Lipinski definition) is 4. The van der Waals surface area contributed by atoms with Crippen molar-refractivity contribution in [2.24, 2.45) is 5.41 Å². The molecule has 1 aliphatic heterocycles. The van der Waals surface area contributed by atoms with Gasteiger partial charge in [-0.05, 0) is 20.8 Å². The van der Waals surface area contributed by atoms with Crippen LogP contribution in [-0.2, 0) is 14.3 Å². The third kappa shape index (κ3) is 3.16. The lowest BCUT2D eigenvalue weighted by Crippen LogP contribution is -2.48. The lowest BCUT2D eigenvalue weighted by Gasteiger charge is -2.31. The Kier molecular flexibility index (Phi) is 4.12. The number of hydrogen-bond donors (Lipinski definition) is 0. The van der Waals surface area contributed by atoms with E-state index >= 15 is 0 Å². The van der Waals surface area contributed by atoms with Crippen LogP contribution < -0.4 is 0 Å². The van der Waals surface area contributed by atoms with Gasteiger partial charge in [-0.3, -0.25) is 4.90 Å². The molecule has 0 saturated carbocycles. The van der Waals surface area contributed by atoms with Gasteiger partial charge in [0.05, 0.1) is 13.7 Å². The molecule has 1 heterocycles. The van der Waals surface area contributed by atoms with Gasteiger partial charge in [0.1, 0.15) is 17.8 Å². The van der Waals surface area contributed by atoms with E-state index in [9.17, 15) is 14.0 Å². The quantitative estimate of drug-likeness (QED) is 0.688. The monoisotopic (exact) mass is 275 g/mol. The Bertz CT molecular complexity index is 375. The number of methoxy groups -OCH3 is 1. The number of nitrogens with zero attached hydrogens (tertiary/aromatic N) is 1. The zero-order chi connectivity index (χ0) is 15.0. The first-order valence-corrected chi connectivity index (χ1v) is 6.22. The third-order valence-electron chi connectivity index (χ3n) is 3.23. The highest BCUT2D eigenvalue weighted by atomic mass is 19.1. The summed E-state index contributed by atoms with van der Waals surface area (Å²) in [4.78, 5) is 25.0. The smallest absolute Gasteiger partial charge is 0.411 e. The second-order valence-corrected chi connectivity index (χ2v) is 6.35. The minimum Gasteiger partial charge on any atom is -0.467 e. The Morgan fingerprint density at radius 1 is 1.32 bits per heavy atom. The molecule has 1 rings (SSSR count). The minimum atomic E-state index is -1.30. The molecular formula is C13H22FNO4. The van der Waals surface area contributed by atoms with Crippen LogP contribution in [-0.4, -0.2) is 48.4 Å². The summed E-state index contributed by atoms with van der Waals surface area (Å²) in [6.45, 7) is 8.18. The summed E-state index contributed by atoms with van der Waals surface area (Å²) < 4.78 is 23.9. The highest BCUT2D eigenvalue weighted by Crippen LogP contribution is 2.39. The first kappa shape index (κ1) is 15.7. The van der Waals surface area contributed by atoms with E-state index in [0.717, 1.165) is 4.90 Å². The molecule has 6 heteroatoms. The molecule has 110 valence electrons. The van der Waals surface area contributed by atoms with Crippen LogP contribution >= 0.6 is 0 Å². The predicted octanol–water partition coefficient (Wildman–Crippen LogP) is 2.14. The third-order valence-corrected chi connectivity index (χ3v) is 3.23. The van der Waals surface area contributed by atoms with Gasteiger partial charge in [-0.15, -0.1) is 0 Å². The number of carbonyl (C=O) groups is 2. The average molecular weight is 275 g/mol. The van der Waals surface area contributed by atoms with Crippen molar-refractivity contribution in [3.05, 3.63) is 0 Å². The van der Waals surface area contributed by atoms with Crippen molar-refractivity contribution in [1.29, 1.82) is 0 Å². The molecule has 0 aromatic rings. The van der Waals surface area contributed by atoms with Gasteiger partial charge in [0.2, 0.25) is 0 Å². The molecule has 0 aromatic carbocycles. The molecule has 1 aliphatic rings. The standard InChI is InChI=1S/C13H22FNO4/c1-12(2,3)19-11(17)15-7-8(14)13(4,5)9(15)10(16)18-6/h8-9H,7H2,1-6H3. The lowest BCUT2D eigenvalue weighted by atomic mass is 9.83. The normalized spacial score (nSPS) is 26.2. The highest BCUT2D eigenvalue weighted by Gasteiger charge is 2.55. The summed E-state index contributed by atoms with van der Waals surface area (Å²) in [7, 11) is 1.22. The van der Waals surface area contributed by atoms with E-state index in [1.54, 1.807) is 34.6 Å². The van der Waals surface area contributed by atoms with Crippen LogP contribution in [0.3, 0.4) is 0 Å². The number of alkyl halides is 1. The largest absolute Gasteiger partial charge is 0.467 e. The van der Waals surface area contributed by atoms with Gasteiger partial charge in [-0.2, -0.15) is 0 Å². The summed E-state index contributed by atoms with van der Waals surface area (Å²) in [6.07, 6.45) is -2.00. The minimum absolute atomic E-state index is 0.165. The summed E-state index contributed by atoms with van der Waals surface area (Å²) in [5, 5.41) is 0. The number of rotatable bonds is 1. The second kappa shape index (κ2) is 4.98. The van der Waals surface area contributed by atoms with Crippen molar-refractivity contribution in [3.8, 4) is 0 Å². The molecule has 2 unspecified atom stereocenters. The topological polar surface area (TPSA) is 55.8 Å². The summed E-state index contributed by atoms with van der Waals surface area (Å²) >= 11 is 0. The first-order valence-electron chi connectivity index (χ1n) is 6.22. The number of carbonyl (C=O) groups excluding carboxylic acids is 2. The van der Waals surface area contributed by atoms with Gasteiger partial charge < -0.3 is 9.47 Å². The number of esters is 1. The second-order valence-electron chi connectivity index (χ2n) is 6.35. The molecule has 0 N–H and O–H groups in total. The molecule has 0 bridgehead atoms. The fraction of sp³-hybridized carbons (Fsp3) is 0.846. The Balaban J connectivity index is 2.99. The van der Waals surface area contributed by atoms with E-state index < -0.39 is 35.3 Å². The van der Waals surface area contributed by atoms with E-state index in [4.69, 9.17) is 4.74 Å². The number of ether oxygens (including phenoxy) is 2. The zero-order valence-electron chi connectivity index (χ0n) is 12.3. The lowest BCUT2D eigenvalue weighted by molar-refractivity contribution is -0.149. The molecule has 0 aliphatic carbocycles. The van der Waals surface area contributed by atoms with E-state index in [1.165, 1.54) is 7.11 Å². The van der Waals surface area contributed by atoms with Crippen LogP contribution in [0.5, 0.6) is 0 Å². The fourth-order valence-corrected chi connectivity index (χ4v) is 2.13. The van der Waals surface area contributed by atoms with Crippen LogP contribution in [0, 0.1) is 5.41 Å². The Labute approximate surface area is 113 Å². The van der Waals surface area contributed by atoms with Gasteiger partial charge in [0.15, 0.2) is 0 Å². The molecule has 2 atom stereocenters. The van der Waals surface area contributed by atoms with Crippen LogP contribution in [0.1, 0.15) is 34.6 Å². The van der Waals surface area contributed by atoms with Crippen LogP contribution in [0.2, 0.25) is 0 Å². The summed E-state index contributed by atoms with van der Waals surface area (Å²) in [6, 6.07) is -0.970. The molecule has 0 spiro atoms. The molecule has 1 saturated heterocycles. The van der Waals surface area contributed by atoms with Crippen molar-refractivity contribution in [3.63, 3.8) is 0 Å². The van der Waals surface area contributed by atoms with Crippen molar-refractivity contribution < 1.29 is 23.5 Å². The highest BCUT2D eigenvalue weighted by molar-refractivity contribution is 5.83. The maximum absolute atomic E-state index is 14.0. The predicted molar refractivity (Wildman–Crippen MR) is 67.4 cm³/mol. The van der Waals surface area contributed by atoms with Crippen LogP contribution in [0.25, 0.3) is 0 Å². The van der Waals surface area contributed by atoms with Crippen LogP contribution in [0.4, 0.5) is 9.18 Å². The Morgan fingerprint density at radius 3 is 2.26 bits per heavy atom. The molecular weight excluding hydrogens is 253 g/mol. The molecule has 1 fully saturated rings. The van der Waals surface area contributed by atoms with Gasteiger partial charge in [-0.1, -0.05) is 13.8 Å². The maximum atomic E-state index is 14.0. The zero-order valence-corrected chi connectivity index (χ0v) is 12.3. The molecule has 5 nitrogen and oxygen atoms in total. The van der Waals surface area contributed by atoms with Gasteiger partial charge in [-0.25, -0.2) is 14.0 Å². The maximum Gasteiger partial charge on any atom is 0.411 e. The van der Waals surface area contributed by atoms with E-state index in [0.29, 0.717) is 0 Å². The number of amides is 1. The average Bonchev–Trinajstić information content (AvgIpc) is 2.47. The molecule has 0 radical (unpaired) electrons. The van der Waals surface area contributed by atoms with E-state index in [1.807, 2.05) is 0 Å².